The van der Waals surface area contributed by atoms with Crippen LogP contribution in [0.1, 0.15) is 27.0 Å². The van der Waals surface area contributed by atoms with Gasteiger partial charge in [-0.1, -0.05) is 30.3 Å². The van der Waals surface area contributed by atoms with Gasteiger partial charge in [0, 0.05) is 25.2 Å². The molecule has 7 heteroatoms. The van der Waals surface area contributed by atoms with E-state index in [9.17, 15) is 13.2 Å². The number of hydrogen-bond donors (Lipinski definition) is 2. The molecule has 0 fully saturated rings. The minimum absolute atomic E-state index is 0.110. The molecule has 2 aromatic carbocycles. The van der Waals surface area contributed by atoms with Crippen molar-refractivity contribution in [2.24, 2.45) is 0 Å². The molecule has 0 spiro atoms. The first-order valence-electron chi connectivity index (χ1n) is 8.49. The van der Waals surface area contributed by atoms with Crippen LogP contribution in [0.15, 0.2) is 47.4 Å². The second kappa shape index (κ2) is 7.57. The predicted molar refractivity (Wildman–Crippen MR) is 100 cm³/mol. The molecular formula is C19H23N3O3S. The van der Waals surface area contributed by atoms with Crippen molar-refractivity contribution in [2.45, 2.75) is 24.4 Å². The maximum absolute atomic E-state index is 12.7. The number of carbonyl (C=O) groups excluding carboxylic acids is 1. The molecule has 1 aliphatic heterocycles. The number of nitrogens with zero attached hydrogens (tertiary/aromatic N) is 1. The van der Waals surface area contributed by atoms with Gasteiger partial charge in [0.1, 0.15) is 0 Å². The van der Waals surface area contributed by atoms with Crippen LogP contribution in [0.25, 0.3) is 0 Å². The maximum atomic E-state index is 12.7. The standard InChI is InChI=1S/C19H23N3O3S/c1-22(2)13-16-6-4-3-5-15(16)12-21-26(24,25)17-8-7-14-9-10-20-19(23)18(14)11-17/h3-8,11,21H,9-10,12-13H2,1-2H3,(H,20,23). The van der Waals surface area contributed by atoms with Crippen LogP contribution in [0.5, 0.6) is 0 Å². The third kappa shape index (κ3) is 4.12. The van der Waals surface area contributed by atoms with Gasteiger partial charge in [-0.05, 0) is 49.3 Å². The van der Waals surface area contributed by atoms with Crippen LogP contribution < -0.4 is 10.0 Å². The van der Waals surface area contributed by atoms with Crippen molar-refractivity contribution < 1.29 is 13.2 Å². The molecule has 26 heavy (non-hydrogen) atoms. The molecule has 0 atom stereocenters. The molecule has 0 aromatic heterocycles. The summed E-state index contributed by atoms with van der Waals surface area (Å²) in [5.74, 6) is -0.223. The molecule has 3 rings (SSSR count). The van der Waals surface area contributed by atoms with Crippen molar-refractivity contribution in [1.29, 1.82) is 0 Å². The fraction of sp³-hybridized carbons (Fsp3) is 0.316. The number of nitrogens with one attached hydrogen (secondary N) is 2. The zero-order valence-electron chi connectivity index (χ0n) is 15.0. The van der Waals surface area contributed by atoms with Gasteiger partial charge in [0.2, 0.25) is 10.0 Å². The van der Waals surface area contributed by atoms with Gasteiger partial charge >= 0.3 is 0 Å². The van der Waals surface area contributed by atoms with Crippen molar-refractivity contribution in [3.63, 3.8) is 0 Å². The third-order valence-corrected chi connectivity index (χ3v) is 5.77. The third-order valence-electron chi connectivity index (χ3n) is 4.37. The minimum Gasteiger partial charge on any atom is -0.352 e. The van der Waals surface area contributed by atoms with Gasteiger partial charge in [-0.25, -0.2) is 13.1 Å². The Morgan fingerprint density at radius 3 is 2.58 bits per heavy atom. The molecule has 138 valence electrons. The summed E-state index contributed by atoms with van der Waals surface area (Å²) in [6.07, 6.45) is 0.715. The van der Waals surface area contributed by atoms with E-state index in [0.29, 0.717) is 18.5 Å². The molecule has 1 aliphatic rings. The largest absolute Gasteiger partial charge is 0.352 e. The number of amides is 1. The Kier molecular flexibility index (Phi) is 5.41. The topological polar surface area (TPSA) is 78.5 Å². The van der Waals surface area contributed by atoms with Gasteiger partial charge in [0.15, 0.2) is 0 Å². The second-order valence-electron chi connectivity index (χ2n) is 6.66. The number of benzene rings is 2. The highest BCUT2D eigenvalue weighted by atomic mass is 32.2. The summed E-state index contributed by atoms with van der Waals surface area (Å²) < 4.78 is 28.0. The molecule has 6 nitrogen and oxygen atoms in total. The maximum Gasteiger partial charge on any atom is 0.251 e. The Balaban J connectivity index is 1.80. The zero-order valence-corrected chi connectivity index (χ0v) is 15.8. The first-order valence-corrected chi connectivity index (χ1v) is 9.97. The Hall–Kier alpha value is -2.22. The van der Waals surface area contributed by atoms with Crippen LogP contribution in [0.3, 0.4) is 0 Å². The molecule has 0 bridgehead atoms. The molecule has 0 aliphatic carbocycles. The van der Waals surface area contributed by atoms with Crippen molar-refractivity contribution >= 4 is 15.9 Å². The second-order valence-corrected chi connectivity index (χ2v) is 8.42. The van der Waals surface area contributed by atoms with Crippen LogP contribution in [0.2, 0.25) is 0 Å². The van der Waals surface area contributed by atoms with Gasteiger partial charge in [-0.15, -0.1) is 0 Å². The first-order chi connectivity index (χ1) is 12.4. The monoisotopic (exact) mass is 373 g/mol. The quantitative estimate of drug-likeness (QED) is 0.805. The average molecular weight is 373 g/mol. The Morgan fingerprint density at radius 2 is 1.85 bits per heavy atom. The van der Waals surface area contributed by atoms with E-state index in [1.165, 1.54) is 6.07 Å². The first kappa shape index (κ1) is 18.6. The fourth-order valence-corrected chi connectivity index (χ4v) is 4.07. The lowest BCUT2D eigenvalue weighted by molar-refractivity contribution is 0.0945. The number of carbonyl (C=O) groups is 1. The van der Waals surface area contributed by atoms with E-state index in [1.807, 2.05) is 43.3 Å². The van der Waals surface area contributed by atoms with Crippen molar-refractivity contribution in [3.8, 4) is 0 Å². The molecule has 0 saturated heterocycles. The Labute approximate surface area is 154 Å². The molecule has 1 heterocycles. The summed E-state index contributed by atoms with van der Waals surface area (Å²) in [6, 6.07) is 12.5. The minimum atomic E-state index is -3.70. The molecule has 2 N–H and O–H groups in total. The number of rotatable bonds is 6. The van der Waals surface area contributed by atoms with E-state index in [4.69, 9.17) is 0 Å². The highest BCUT2D eigenvalue weighted by Crippen LogP contribution is 2.20. The van der Waals surface area contributed by atoms with Gasteiger partial charge in [0.05, 0.1) is 4.90 Å². The zero-order chi connectivity index (χ0) is 18.7. The van der Waals surface area contributed by atoms with E-state index in [1.54, 1.807) is 12.1 Å². The van der Waals surface area contributed by atoms with E-state index in [2.05, 4.69) is 10.0 Å². The lowest BCUT2D eigenvalue weighted by Gasteiger charge is -2.18. The molecule has 1 amide bonds. The SMILES string of the molecule is CN(C)Cc1ccccc1CNS(=O)(=O)c1ccc2c(c1)C(=O)NCC2. The molecule has 0 saturated carbocycles. The smallest absolute Gasteiger partial charge is 0.251 e. The molecule has 2 aromatic rings. The summed E-state index contributed by atoms with van der Waals surface area (Å²) >= 11 is 0. The normalized spacial score (nSPS) is 14.2. The number of sulfonamides is 1. The van der Waals surface area contributed by atoms with E-state index >= 15 is 0 Å². The van der Waals surface area contributed by atoms with Gasteiger partial charge in [-0.3, -0.25) is 4.79 Å². The Morgan fingerprint density at radius 1 is 1.12 bits per heavy atom. The molecule has 0 radical (unpaired) electrons. The number of hydrogen-bond acceptors (Lipinski definition) is 4. The summed E-state index contributed by atoms with van der Waals surface area (Å²) in [6.45, 7) is 1.52. The lowest BCUT2D eigenvalue weighted by Crippen LogP contribution is -2.32. The van der Waals surface area contributed by atoms with Gasteiger partial charge < -0.3 is 10.2 Å². The lowest BCUT2D eigenvalue weighted by atomic mass is 10.0. The number of fused-ring (bicyclic) bond motifs is 1. The van der Waals surface area contributed by atoms with Crippen LogP contribution in [-0.4, -0.2) is 39.9 Å². The fourth-order valence-electron chi connectivity index (χ4n) is 3.04. The van der Waals surface area contributed by atoms with Crippen molar-refractivity contribution in [3.05, 3.63) is 64.7 Å². The predicted octanol–water partition coefficient (Wildman–Crippen LogP) is 1.51. The van der Waals surface area contributed by atoms with E-state index < -0.39 is 10.0 Å². The summed E-state index contributed by atoms with van der Waals surface area (Å²) in [5, 5.41) is 2.74. The van der Waals surface area contributed by atoms with Crippen LogP contribution in [-0.2, 0) is 29.5 Å². The van der Waals surface area contributed by atoms with Crippen molar-refractivity contribution in [2.75, 3.05) is 20.6 Å². The molecular weight excluding hydrogens is 350 g/mol. The molecule has 0 unspecified atom stereocenters. The van der Waals surface area contributed by atoms with Crippen LogP contribution >= 0.6 is 0 Å². The van der Waals surface area contributed by atoms with Crippen LogP contribution in [0.4, 0.5) is 0 Å². The highest BCUT2D eigenvalue weighted by molar-refractivity contribution is 7.89. The van der Waals surface area contributed by atoms with Crippen molar-refractivity contribution in [1.82, 2.24) is 14.9 Å². The summed E-state index contributed by atoms with van der Waals surface area (Å²) in [7, 11) is 0.238. The van der Waals surface area contributed by atoms with Gasteiger partial charge in [-0.2, -0.15) is 0 Å². The van der Waals surface area contributed by atoms with E-state index in [0.717, 1.165) is 23.2 Å². The highest BCUT2D eigenvalue weighted by Gasteiger charge is 2.21. The summed E-state index contributed by atoms with van der Waals surface area (Å²) in [4.78, 5) is 14.1. The van der Waals surface area contributed by atoms with Gasteiger partial charge in [0.25, 0.3) is 5.91 Å². The summed E-state index contributed by atoms with van der Waals surface area (Å²) in [5.41, 5.74) is 3.32. The Bertz CT molecular complexity index is 923. The van der Waals surface area contributed by atoms with Crippen LogP contribution in [0, 0.1) is 0 Å². The van der Waals surface area contributed by atoms with E-state index in [-0.39, 0.29) is 17.3 Å². The average Bonchev–Trinajstić information content (AvgIpc) is 2.60.